The maximum atomic E-state index is 12.8. The zero-order chi connectivity index (χ0) is 26.7. The summed E-state index contributed by atoms with van der Waals surface area (Å²) in [5.41, 5.74) is 12.3. The van der Waals surface area contributed by atoms with Gasteiger partial charge in [-0.1, -0.05) is 0 Å². The van der Waals surface area contributed by atoms with Crippen LogP contribution in [0.1, 0.15) is 60.1 Å². The number of fused-ring (bicyclic) bond motifs is 3. The van der Waals surface area contributed by atoms with Gasteiger partial charge in [-0.3, -0.25) is 19.3 Å². The highest BCUT2D eigenvalue weighted by molar-refractivity contribution is 6.00. The Hall–Kier alpha value is -4.12. The van der Waals surface area contributed by atoms with E-state index in [1.807, 2.05) is 37.2 Å². The molecule has 0 spiro atoms. The molecule has 4 aromatic heterocycles. The molecule has 11 heteroatoms. The summed E-state index contributed by atoms with van der Waals surface area (Å²) < 4.78 is 3.27. The summed E-state index contributed by atoms with van der Waals surface area (Å²) >= 11 is 0. The molecule has 2 aliphatic heterocycles. The third-order valence-corrected chi connectivity index (χ3v) is 7.95. The molecule has 6 rings (SSSR count). The predicted molar refractivity (Wildman–Crippen MR) is 140 cm³/mol. The number of nitrogens with zero attached hydrogens (tertiary/aromatic N) is 7. The molecule has 0 aliphatic carbocycles. The van der Waals surface area contributed by atoms with Crippen molar-refractivity contribution in [3.8, 4) is 22.5 Å². The van der Waals surface area contributed by atoms with E-state index in [1.165, 1.54) is 11.4 Å². The summed E-state index contributed by atoms with van der Waals surface area (Å²) in [5.74, 6) is -0.168. The summed E-state index contributed by atoms with van der Waals surface area (Å²) in [5, 5.41) is 18.4. The van der Waals surface area contributed by atoms with E-state index in [-0.39, 0.29) is 35.5 Å². The monoisotopic (exact) mass is 514 g/mol. The molecule has 38 heavy (non-hydrogen) atoms. The van der Waals surface area contributed by atoms with Crippen LogP contribution in [-0.4, -0.2) is 69.7 Å². The third kappa shape index (κ3) is 3.76. The van der Waals surface area contributed by atoms with Crippen LogP contribution in [0.5, 0.6) is 0 Å². The fourth-order valence-electron chi connectivity index (χ4n) is 6.31. The standard InChI is InChI=1S/C27H30N8O3/c1-14-8-17(11-29-24(14)21-6-7-33(3)32-21)20-12-30-35-26(28)23(15(2)37)25(31-27(20)35)16-9-18-4-5-19(10-16)34(18)22(38)13-36/h6-8,11-12,16,18-19,36H,4-5,9-10,13,28H2,1-3H3/t16-,18-,19+. The van der Waals surface area contributed by atoms with E-state index in [2.05, 4.69) is 15.2 Å². The van der Waals surface area contributed by atoms with Crippen LogP contribution in [-0.2, 0) is 11.8 Å². The molecule has 6 heterocycles. The molecule has 0 aromatic carbocycles. The Morgan fingerprint density at radius 1 is 1.18 bits per heavy atom. The molecule has 0 radical (unpaired) electrons. The molecule has 1 amide bonds. The van der Waals surface area contributed by atoms with E-state index in [1.54, 1.807) is 17.1 Å². The summed E-state index contributed by atoms with van der Waals surface area (Å²) in [4.78, 5) is 36.7. The van der Waals surface area contributed by atoms with Crippen LogP contribution in [0, 0.1) is 6.92 Å². The lowest BCUT2D eigenvalue weighted by Gasteiger charge is -2.39. The van der Waals surface area contributed by atoms with E-state index < -0.39 is 6.61 Å². The van der Waals surface area contributed by atoms with Crippen molar-refractivity contribution in [1.29, 1.82) is 0 Å². The second-order valence-electron chi connectivity index (χ2n) is 10.4. The first-order valence-corrected chi connectivity index (χ1v) is 12.8. The van der Waals surface area contributed by atoms with Crippen LogP contribution in [0.4, 0.5) is 5.82 Å². The van der Waals surface area contributed by atoms with E-state index in [0.29, 0.717) is 29.7 Å². The number of nitrogens with two attached hydrogens (primary N) is 1. The number of aromatic nitrogens is 6. The number of Topliss-reactive ketones (excluding diaryl/α,β-unsaturated/α-hetero) is 1. The summed E-state index contributed by atoms with van der Waals surface area (Å²) in [6.07, 6.45) is 8.48. The molecule has 2 saturated heterocycles. The number of anilines is 1. The Bertz CT molecular complexity index is 1570. The number of aliphatic hydroxyl groups is 1. The van der Waals surface area contributed by atoms with Crippen LogP contribution in [0.15, 0.2) is 30.7 Å². The van der Waals surface area contributed by atoms with Crippen molar-refractivity contribution < 1.29 is 14.7 Å². The number of carbonyl (C=O) groups is 2. The average molecular weight is 515 g/mol. The van der Waals surface area contributed by atoms with Gasteiger partial charge in [0, 0.05) is 48.6 Å². The summed E-state index contributed by atoms with van der Waals surface area (Å²) in [6, 6.07) is 4.00. The first kappa shape index (κ1) is 24.2. The van der Waals surface area contributed by atoms with Crippen molar-refractivity contribution in [2.45, 2.75) is 57.5 Å². The fourth-order valence-corrected chi connectivity index (χ4v) is 6.31. The minimum atomic E-state index is -0.487. The number of piperidine rings is 1. The van der Waals surface area contributed by atoms with Crippen molar-refractivity contribution in [3.05, 3.63) is 47.5 Å². The number of nitrogen functional groups attached to an aromatic ring is 1. The first-order valence-electron chi connectivity index (χ1n) is 12.8. The molecular weight excluding hydrogens is 484 g/mol. The van der Waals surface area contributed by atoms with E-state index in [0.717, 1.165) is 40.9 Å². The highest BCUT2D eigenvalue weighted by Gasteiger charge is 2.44. The molecule has 2 fully saturated rings. The Labute approximate surface area is 219 Å². The van der Waals surface area contributed by atoms with Gasteiger partial charge in [-0.25, -0.2) is 4.98 Å². The van der Waals surface area contributed by atoms with Crippen molar-refractivity contribution in [2.24, 2.45) is 7.05 Å². The van der Waals surface area contributed by atoms with Gasteiger partial charge in [0.1, 0.15) is 18.1 Å². The Morgan fingerprint density at radius 2 is 1.92 bits per heavy atom. The molecule has 2 aliphatic rings. The van der Waals surface area contributed by atoms with Crippen LogP contribution in [0.3, 0.4) is 0 Å². The van der Waals surface area contributed by atoms with Crippen molar-refractivity contribution in [2.75, 3.05) is 12.3 Å². The van der Waals surface area contributed by atoms with Gasteiger partial charge in [0.25, 0.3) is 0 Å². The largest absolute Gasteiger partial charge is 0.387 e. The van der Waals surface area contributed by atoms with Crippen molar-refractivity contribution in [1.82, 2.24) is 34.3 Å². The average Bonchev–Trinajstić information content (AvgIpc) is 3.58. The maximum absolute atomic E-state index is 12.8. The molecule has 11 nitrogen and oxygen atoms in total. The quantitative estimate of drug-likeness (QED) is 0.387. The zero-order valence-corrected chi connectivity index (χ0v) is 21.6. The lowest BCUT2D eigenvalue weighted by Crippen LogP contribution is -2.47. The van der Waals surface area contributed by atoms with E-state index in [9.17, 15) is 14.7 Å². The van der Waals surface area contributed by atoms with Crippen LogP contribution < -0.4 is 5.73 Å². The number of hydrogen-bond acceptors (Lipinski definition) is 8. The van der Waals surface area contributed by atoms with Crippen LogP contribution >= 0.6 is 0 Å². The molecule has 0 unspecified atom stereocenters. The molecule has 3 atom stereocenters. The fraction of sp³-hybridized carbons (Fsp3) is 0.407. The van der Waals surface area contributed by atoms with Gasteiger partial charge in [-0.2, -0.15) is 14.7 Å². The number of aryl methyl sites for hydroxylation is 2. The molecule has 196 valence electrons. The number of amides is 1. The molecule has 3 N–H and O–H groups in total. The third-order valence-electron chi connectivity index (χ3n) is 7.95. The molecule has 0 saturated carbocycles. The first-order chi connectivity index (χ1) is 18.3. The van der Waals surface area contributed by atoms with Gasteiger partial charge in [0.2, 0.25) is 5.91 Å². The van der Waals surface area contributed by atoms with E-state index >= 15 is 0 Å². The lowest BCUT2D eigenvalue weighted by molar-refractivity contribution is -0.138. The summed E-state index contributed by atoms with van der Waals surface area (Å²) in [6.45, 7) is 3.00. The number of pyridine rings is 1. The number of aliphatic hydroxyl groups excluding tert-OH is 1. The number of ketones is 1. The highest BCUT2D eigenvalue weighted by Crippen LogP contribution is 2.44. The highest BCUT2D eigenvalue weighted by atomic mass is 16.3. The van der Waals surface area contributed by atoms with Gasteiger partial charge < -0.3 is 15.7 Å². The topological polar surface area (TPSA) is 145 Å². The predicted octanol–water partition coefficient (Wildman–Crippen LogP) is 2.51. The Morgan fingerprint density at radius 3 is 2.53 bits per heavy atom. The number of hydrogen-bond donors (Lipinski definition) is 2. The number of carbonyl (C=O) groups excluding carboxylic acids is 2. The van der Waals surface area contributed by atoms with Crippen molar-refractivity contribution in [3.63, 3.8) is 0 Å². The molecule has 4 aromatic rings. The molecule has 2 bridgehead atoms. The van der Waals surface area contributed by atoms with E-state index in [4.69, 9.17) is 10.7 Å². The van der Waals surface area contributed by atoms with Gasteiger partial charge in [0.15, 0.2) is 11.4 Å². The Kier molecular flexibility index (Phi) is 5.75. The van der Waals surface area contributed by atoms with Crippen molar-refractivity contribution >= 4 is 23.2 Å². The molecular formula is C27H30N8O3. The lowest BCUT2D eigenvalue weighted by atomic mass is 9.85. The smallest absolute Gasteiger partial charge is 0.248 e. The SMILES string of the molecule is CC(=O)c1c([C@@H]2C[C@H]3CC[C@@H](C2)N3C(=O)CO)nc2c(-c3cnc(-c4ccn(C)n4)c(C)c3)cnn2c1N. The minimum absolute atomic E-state index is 0.0211. The summed E-state index contributed by atoms with van der Waals surface area (Å²) in [7, 11) is 1.87. The van der Waals surface area contributed by atoms with Gasteiger partial charge in [-0.15, -0.1) is 0 Å². The normalized spacial score (nSPS) is 20.8. The second kappa shape index (κ2) is 9.02. The van der Waals surface area contributed by atoms with Crippen LogP contribution in [0.2, 0.25) is 0 Å². The number of rotatable bonds is 5. The van der Waals surface area contributed by atoms with Gasteiger partial charge in [0.05, 0.1) is 23.1 Å². The minimum Gasteiger partial charge on any atom is -0.387 e. The van der Waals surface area contributed by atoms with Crippen LogP contribution in [0.25, 0.3) is 28.2 Å². The van der Waals surface area contributed by atoms with Gasteiger partial charge >= 0.3 is 0 Å². The zero-order valence-electron chi connectivity index (χ0n) is 21.6. The second-order valence-corrected chi connectivity index (χ2v) is 10.4. The van der Waals surface area contributed by atoms with Gasteiger partial charge in [-0.05, 0) is 57.2 Å². The maximum Gasteiger partial charge on any atom is 0.248 e. The Balaban J connectivity index is 1.43.